The molecule has 4 rings (SSSR count). The average molecular weight is 389 g/mol. The van der Waals surface area contributed by atoms with E-state index in [2.05, 4.69) is 34.7 Å². The molecule has 2 aromatic rings. The number of carbonyl (C=O) groups excluding carboxylic acids is 1. The quantitative estimate of drug-likeness (QED) is 0.840. The Morgan fingerprint density at radius 3 is 2.93 bits per heavy atom. The lowest BCUT2D eigenvalue weighted by atomic mass is 9.83. The number of aryl methyl sites for hydroxylation is 2. The van der Waals surface area contributed by atoms with Gasteiger partial charge in [-0.3, -0.25) is 0 Å². The number of anilines is 1. The smallest absolute Gasteiger partial charge is 0.354 e. The van der Waals surface area contributed by atoms with E-state index >= 15 is 0 Å². The van der Waals surface area contributed by atoms with E-state index in [9.17, 15) is 9.00 Å². The van der Waals surface area contributed by atoms with Crippen molar-refractivity contribution in [3.8, 4) is 5.88 Å². The number of urea groups is 1. The summed E-state index contributed by atoms with van der Waals surface area (Å²) in [6.07, 6.45) is 4.10. The zero-order valence-corrected chi connectivity index (χ0v) is 16.2. The molecule has 1 aliphatic heterocycles. The summed E-state index contributed by atoms with van der Waals surface area (Å²) in [5.74, 6) is 0.571. The fourth-order valence-electron chi connectivity index (χ4n) is 3.49. The van der Waals surface area contributed by atoms with Crippen LogP contribution in [-0.4, -0.2) is 26.6 Å². The predicted octanol–water partition coefficient (Wildman–Crippen LogP) is 2.82. The highest BCUT2D eigenvalue weighted by molar-refractivity contribution is 7.91. The summed E-state index contributed by atoms with van der Waals surface area (Å²) >= 11 is 0. The Hall–Kier alpha value is -2.39. The van der Waals surface area contributed by atoms with Crippen LogP contribution in [0.15, 0.2) is 27.6 Å². The minimum absolute atomic E-state index is 0.155. The first-order valence-corrected chi connectivity index (χ1v) is 10.6. The largest absolute Gasteiger partial charge is 0.477 e. The van der Waals surface area contributed by atoms with Crippen LogP contribution in [0.3, 0.4) is 0 Å². The lowest BCUT2D eigenvalue weighted by Gasteiger charge is -2.26. The van der Waals surface area contributed by atoms with Gasteiger partial charge in [-0.15, -0.1) is 4.36 Å². The molecule has 0 saturated heterocycles. The zero-order chi connectivity index (χ0) is 19.2. The van der Waals surface area contributed by atoms with Gasteiger partial charge in [-0.1, -0.05) is 26.0 Å². The van der Waals surface area contributed by atoms with E-state index in [1.807, 2.05) is 6.07 Å². The molecule has 8 nitrogen and oxygen atoms in total. The molecule has 1 aromatic carbocycles. The van der Waals surface area contributed by atoms with Crippen LogP contribution in [0.2, 0.25) is 0 Å². The van der Waals surface area contributed by atoms with Gasteiger partial charge in [0.05, 0.1) is 12.8 Å². The van der Waals surface area contributed by atoms with Gasteiger partial charge in [0.25, 0.3) is 0 Å². The number of nitrogens with one attached hydrogen (secondary N) is 1. The molecule has 2 heterocycles. The lowest BCUT2D eigenvalue weighted by Crippen LogP contribution is -2.22. The summed E-state index contributed by atoms with van der Waals surface area (Å²) in [4.78, 5) is 12.7. The summed E-state index contributed by atoms with van der Waals surface area (Å²) in [7, 11) is -3.46. The molecule has 3 N–H and O–H groups in total. The molecule has 2 aliphatic rings. The number of nitrogens with zero attached hydrogens (tertiary/aromatic N) is 3. The van der Waals surface area contributed by atoms with Crippen LogP contribution in [0.4, 0.5) is 10.5 Å². The van der Waals surface area contributed by atoms with Gasteiger partial charge in [-0.25, -0.2) is 18.8 Å². The highest BCUT2D eigenvalue weighted by Gasteiger charge is 2.25. The van der Waals surface area contributed by atoms with E-state index in [1.165, 1.54) is 11.8 Å². The van der Waals surface area contributed by atoms with Gasteiger partial charge in [0.1, 0.15) is 4.90 Å². The molecule has 1 atom stereocenters. The Kier molecular flexibility index (Phi) is 4.43. The number of nitrogens with two attached hydrogens (primary N) is 1. The van der Waals surface area contributed by atoms with Gasteiger partial charge in [0.15, 0.2) is 9.92 Å². The van der Waals surface area contributed by atoms with Crippen molar-refractivity contribution in [1.29, 1.82) is 0 Å². The number of fused-ring (bicyclic) bond motifs is 2. The molecule has 0 bridgehead atoms. The second-order valence-corrected chi connectivity index (χ2v) is 8.91. The fourth-order valence-corrected chi connectivity index (χ4v) is 4.49. The molecule has 2 amide bonds. The number of hydrogen-bond acceptors (Lipinski definition) is 4. The normalized spacial score (nSPS) is 17.2. The van der Waals surface area contributed by atoms with Gasteiger partial charge in [-0.05, 0) is 35.4 Å². The van der Waals surface area contributed by atoms with Gasteiger partial charge in [-0.2, -0.15) is 5.10 Å². The number of ether oxygens (including phenoxy) is 1. The third kappa shape index (κ3) is 3.21. The number of aromatic nitrogens is 2. The molecule has 0 spiro atoms. The first-order chi connectivity index (χ1) is 12.9. The van der Waals surface area contributed by atoms with Crippen molar-refractivity contribution in [2.24, 2.45) is 9.50 Å². The Labute approximate surface area is 158 Å². The summed E-state index contributed by atoms with van der Waals surface area (Å²) in [6, 6.07) is 3.41. The summed E-state index contributed by atoms with van der Waals surface area (Å²) in [5, 5.41) is 12.9. The first-order valence-electron chi connectivity index (χ1n) is 9.06. The average Bonchev–Trinajstić information content (AvgIpc) is 3.00. The number of hydrogen-bond donors (Lipinski definition) is 2. The maximum absolute atomic E-state index is 12.9. The zero-order valence-electron chi connectivity index (χ0n) is 15.4. The van der Waals surface area contributed by atoms with Gasteiger partial charge < -0.3 is 10.1 Å². The van der Waals surface area contributed by atoms with Crippen molar-refractivity contribution in [1.82, 2.24) is 9.78 Å². The molecule has 1 aliphatic carbocycles. The van der Waals surface area contributed by atoms with Crippen molar-refractivity contribution in [2.75, 3.05) is 11.9 Å². The van der Waals surface area contributed by atoms with E-state index in [-0.39, 0.29) is 10.8 Å². The number of benzene rings is 1. The number of rotatable bonds is 3. The third-order valence-corrected chi connectivity index (χ3v) is 6.33. The maximum atomic E-state index is 12.9. The Balaban J connectivity index is 1.66. The summed E-state index contributed by atoms with van der Waals surface area (Å²) in [6.45, 7) is 5.28. The molecule has 0 saturated carbocycles. The summed E-state index contributed by atoms with van der Waals surface area (Å²) < 4.78 is 23.8. The SMILES string of the molecule is CC(C)c1ccc2c(c1NC(=O)N=S(N)(=O)c1cnn3c1OCCC3)CC2. The number of amides is 2. The minimum Gasteiger partial charge on any atom is -0.477 e. The van der Waals surface area contributed by atoms with E-state index in [1.54, 1.807) is 4.68 Å². The first kappa shape index (κ1) is 18.0. The van der Waals surface area contributed by atoms with Crippen molar-refractivity contribution < 1.29 is 13.7 Å². The predicted molar refractivity (Wildman–Crippen MR) is 102 cm³/mol. The van der Waals surface area contributed by atoms with Crippen LogP contribution in [0.1, 0.15) is 42.9 Å². The van der Waals surface area contributed by atoms with Gasteiger partial charge in [0, 0.05) is 18.7 Å². The van der Waals surface area contributed by atoms with Crippen LogP contribution in [0, 0.1) is 0 Å². The van der Waals surface area contributed by atoms with Gasteiger partial charge >= 0.3 is 6.03 Å². The maximum Gasteiger partial charge on any atom is 0.354 e. The van der Waals surface area contributed by atoms with Gasteiger partial charge in [0.2, 0.25) is 5.88 Å². The highest BCUT2D eigenvalue weighted by atomic mass is 32.2. The lowest BCUT2D eigenvalue weighted by molar-refractivity contribution is 0.224. The Morgan fingerprint density at radius 2 is 2.22 bits per heavy atom. The van der Waals surface area contributed by atoms with E-state index in [0.29, 0.717) is 19.0 Å². The fraction of sp³-hybridized carbons (Fsp3) is 0.444. The van der Waals surface area contributed by atoms with E-state index < -0.39 is 15.9 Å². The molecule has 27 heavy (non-hydrogen) atoms. The van der Waals surface area contributed by atoms with Crippen LogP contribution in [-0.2, 0) is 29.3 Å². The van der Waals surface area contributed by atoms with Crippen molar-refractivity contribution >= 4 is 21.6 Å². The number of carbonyl (C=O) groups is 1. The molecule has 0 fully saturated rings. The van der Waals surface area contributed by atoms with Crippen LogP contribution < -0.4 is 15.2 Å². The Bertz CT molecular complexity index is 1030. The molecule has 9 heteroatoms. The molecule has 1 unspecified atom stereocenters. The van der Waals surface area contributed by atoms with Crippen molar-refractivity contribution in [3.63, 3.8) is 0 Å². The second kappa shape index (κ2) is 6.65. The molecular weight excluding hydrogens is 366 g/mol. The Morgan fingerprint density at radius 1 is 1.41 bits per heavy atom. The van der Waals surface area contributed by atoms with Crippen LogP contribution in [0.25, 0.3) is 0 Å². The van der Waals surface area contributed by atoms with E-state index in [4.69, 9.17) is 9.88 Å². The van der Waals surface area contributed by atoms with Crippen molar-refractivity contribution in [2.45, 2.75) is 50.5 Å². The molecular formula is C18H23N5O3S. The molecule has 0 radical (unpaired) electrons. The summed E-state index contributed by atoms with van der Waals surface area (Å²) in [5.41, 5.74) is 4.15. The van der Waals surface area contributed by atoms with Crippen LogP contribution >= 0.6 is 0 Å². The standard InChI is InChI=1S/C18H23N5O3S/c1-11(2)13-6-4-12-5-7-14(12)16(13)21-18(24)22-27(19,25)15-10-20-23-8-3-9-26-17(15)23/h4,6,10-11H,3,5,7-9H2,1-2H3,(H3,19,21,22,24,25). The van der Waals surface area contributed by atoms with Crippen LogP contribution in [0.5, 0.6) is 5.88 Å². The topological polar surface area (TPSA) is 112 Å². The third-order valence-electron chi connectivity index (χ3n) is 4.99. The minimum atomic E-state index is -3.46. The second-order valence-electron chi connectivity index (χ2n) is 7.15. The monoisotopic (exact) mass is 389 g/mol. The van der Waals surface area contributed by atoms with E-state index in [0.717, 1.165) is 36.1 Å². The molecule has 144 valence electrons. The van der Waals surface area contributed by atoms with Crippen molar-refractivity contribution in [3.05, 3.63) is 35.0 Å². The molecule has 1 aromatic heterocycles. The highest BCUT2D eigenvalue weighted by Crippen LogP contribution is 2.36.